The summed E-state index contributed by atoms with van der Waals surface area (Å²) in [6.45, 7) is 2.64. The van der Waals surface area contributed by atoms with E-state index in [4.69, 9.17) is 25.5 Å². The molecule has 0 saturated carbocycles. The first-order valence-electron chi connectivity index (χ1n) is 10.3. The molecule has 0 amide bonds. The van der Waals surface area contributed by atoms with Gasteiger partial charge in [-0.3, -0.25) is 15.0 Å². The maximum atomic E-state index is 12.2. The Morgan fingerprint density at radius 1 is 1.12 bits per heavy atom. The van der Waals surface area contributed by atoms with E-state index in [0.717, 1.165) is 49.5 Å². The summed E-state index contributed by atoms with van der Waals surface area (Å²) in [5, 5.41) is 15.7. The summed E-state index contributed by atoms with van der Waals surface area (Å²) in [6.07, 6.45) is 1.54. The van der Waals surface area contributed by atoms with Gasteiger partial charge in [0.2, 0.25) is 6.79 Å². The average molecular weight is 458 g/mol. The molecule has 0 atom stereocenters. The van der Waals surface area contributed by atoms with Gasteiger partial charge >= 0.3 is 11.3 Å². The number of halogens is 1. The van der Waals surface area contributed by atoms with Crippen molar-refractivity contribution in [2.45, 2.75) is 25.4 Å². The lowest BCUT2D eigenvalue weighted by Crippen LogP contribution is -2.39. The van der Waals surface area contributed by atoms with Crippen LogP contribution < -0.4 is 20.4 Å². The molecular formula is C22H20ClN3O6. The SMILES string of the molecule is O=c1oc2ccc(Cl)cc2c(NC2CCN(Cc3ccc4c(c3)OCO4)CC2)c1[N+](=O)[O-]. The largest absolute Gasteiger partial charge is 0.454 e. The number of ether oxygens (including phenoxy) is 2. The number of likely N-dealkylation sites (tertiary alicyclic amines) is 1. The van der Waals surface area contributed by atoms with Gasteiger partial charge < -0.3 is 19.2 Å². The third kappa shape index (κ3) is 3.96. The zero-order valence-corrected chi connectivity index (χ0v) is 17.8. The van der Waals surface area contributed by atoms with Crippen molar-refractivity contribution >= 4 is 33.9 Å². The highest BCUT2D eigenvalue weighted by molar-refractivity contribution is 6.31. The molecule has 2 aromatic carbocycles. The van der Waals surface area contributed by atoms with Crippen molar-refractivity contribution in [3.63, 3.8) is 0 Å². The van der Waals surface area contributed by atoms with Crippen molar-refractivity contribution in [1.82, 2.24) is 4.90 Å². The summed E-state index contributed by atoms with van der Waals surface area (Å²) >= 11 is 6.10. The minimum atomic E-state index is -0.979. The van der Waals surface area contributed by atoms with Crippen molar-refractivity contribution in [3.8, 4) is 11.5 Å². The maximum absolute atomic E-state index is 12.2. The van der Waals surface area contributed by atoms with Gasteiger partial charge in [-0.1, -0.05) is 17.7 Å². The van der Waals surface area contributed by atoms with Gasteiger partial charge in [-0.05, 0) is 48.7 Å². The summed E-state index contributed by atoms with van der Waals surface area (Å²) in [7, 11) is 0. The maximum Gasteiger partial charge on any atom is 0.417 e. The molecule has 0 unspecified atom stereocenters. The monoisotopic (exact) mass is 457 g/mol. The number of hydrogen-bond acceptors (Lipinski definition) is 8. The topological polar surface area (TPSA) is 107 Å². The molecule has 0 spiro atoms. The van der Waals surface area contributed by atoms with Gasteiger partial charge in [0, 0.05) is 36.1 Å². The highest BCUT2D eigenvalue weighted by Gasteiger charge is 2.28. The Labute approximate surface area is 187 Å². The Morgan fingerprint density at radius 2 is 1.91 bits per heavy atom. The van der Waals surface area contributed by atoms with Crippen LogP contribution in [0.5, 0.6) is 11.5 Å². The third-order valence-corrected chi connectivity index (χ3v) is 6.04. The standard InChI is InChI=1S/C22H20ClN3O6/c23-14-2-4-17-16(10-14)20(21(26(28)29)22(27)32-17)24-15-5-7-25(8-6-15)11-13-1-3-18-19(9-13)31-12-30-18/h1-4,9-10,15,24H,5-8,11-12H2. The number of nitrogens with one attached hydrogen (secondary N) is 1. The van der Waals surface area contributed by atoms with Gasteiger partial charge in [0.25, 0.3) is 0 Å². The lowest BCUT2D eigenvalue weighted by molar-refractivity contribution is -0.386. The van der Waals surface area contributed by atoms with E-state index in [2.05, 4.69) is 10.2 Å². The molecule has 9 nitrogen and oxygen atoms in total. The quantitative estimate of drug-likeness (QED) is 0.346. The molecule has 1 N–H and O–H groups in total. The van der Waals surface area contributed by atoms with Crippen LogP contribution in [0.15, 0.2) is 45.6 Å². The zero-order valence-electron chi connectivity index (χ0n) is 17.0. The van der Waals surface area contributed by atoms with Crippen LogP contribution in [0.4, 0.5) is 11.4 Å². The Balaban J connectivity index is 1.32. The first-order valence-corrected chi connectivity index (χ1v) is 10.6. The fourth-order valence-corrected chi connectivity index (χ4v) is 4.39. The molecule has 1 aromatic heterocycles. The minimum Gasteiger partial charge on any atom is -0.454 e. The summed E-state index contributed by atoms with van der Waals surface area (Å²) in [6, 6.07) is 10.6. The molecule has 3 heterocycles. The number of nitrogens with zero attached hydrogens (tertiary/aromatic N) is 2. The summed E-state index contributed by atoms with van der Waals surface area (Å²) in [5.41, 5.74) is -0.0153. The number of anilines is 1. The van der Waals surface area contributed by atoms with E-state index >= 15 is 0 Å². The average Bonchev–Trinajstić information content (AvgIpc) is 3.23. The normalized spacial score (nSPS) is 16.4. The lowest BCUT2D eigenvalue weighted by atomic mass is 10.0. The molecule has 3 aromatic rings. The van der Waals surface area contributed by atoms with Crippen LogP contribution in [0, 0.1) is 10.1 Å². The van der Waals surface area contributed by atoms with E-state index in [-0.39, 0.29) is 24.1 Å². The zero-order chi connectivity index (χ0) is 22.2. The van der Waals surface area contributed by atoms with Crippen LogP contribution in [0.1, 0.15) is 18.4 Å². The smallest absolute Gasteiger partial charge is 0.417 e. The second-order valence-electron chi connectivity index (χ2n) is 7.89. The lowest BCUT2D eigenvalue weighted by Gasteiger charge is -2.32. The molecule has 0 radical (unpaired) electrons. The third-order valence-electron chi connectivity index (χ3n) is 5.81. The highest BCUT2D eigenvalue weighted by atomic mass is 35.5. The van der Waals surface area contributed by atoms with Crippen LogP contribution in [0.3, 0.4) is 0 Å². The minimum absolute atomic E-state index is 0.0225. The molecule has 1 fully saturated rings. The Hall–Kier alpha value is -3.30. The first kappa shape index (κ1) is 20.6. The van der Waals surface area contributed by atoms with Gasteiger partial charge in [0.05, 0.1) is 4.92 Å². The highest BCUT2D eigenvalue weighted by Crippen LogP contribution is 2.35. The van der Waals surface area contributed by atoms with Crippen molar-refractivity contribution < 1.29 is 18.8 Å². The van der Waals surface area contributed by atoms with E-state index < -0.39 is 16.2 Å². The molecule has 166 valence electrons. The van der Waals surface area contributed by atoms with Crippen LogP contribution in [-0.2, 0) is 6.54 Å². The van der Waals surface area contributed by atoms with Crippen molar-refractivity contribution in [2.75, 3.05) is 25.2 Å². The van der Waals surface area contributed by atoms with Crippen LogP contribution in [0.2, 0.25) is 5.02 Å². The van der Waals surface area contributed by atoms with Crippen molar-refractivity contribution in [3.05, 3.63) is 67.5 Å². The summed E-state index contributed by atoms with van der Waals surface area (Å²) < 4.78 is 15.9. The molecule has 32 heavy (non-hydrogen) atoms. The predicted molar refractivity (Wildman–Crippen MR) is 119 cm³/mol. The fourth-order valence-electron chi connectivity index (χ4n) is 4.21. The van der Waals surface area contributed by atoms with E-state index in [9.17, 15) is 14.9 Å². The van der Waals surface area contributed by atoms with Crippen LogP contribution in [0.25, 0.3) is 11.0 Å². The summed E-state index contributed by atoms with van der Waals surface area (Å²) in [4.78, 5) is 25.5. The van der Waals surface area contributed by atoms with Gasteiger partial charge in [-0.2, -0.15) is 0 Å². The first-order chi connectivity index (χ1) is 15.5. The molecular weight excluding hydrogens is 438 g/mol. The van der Waals surface area contributed by atoms with E-state index in [0.29, 0.717) is 10.4 Å². The number of piperidine rings is 1. The summed E-state index contributed by atoms with van der Waals surface area (Å²) in [5.74, 6) is 1.53. The van der Waals surface area contributed by atoms with E-state index in [1.54, 1.807) is 18.2 Å². The molecule has 5 rings (SSSR count). The van der Waals surface area contributed by atoms with Crippen molar-refractivity contribution in [2.24, 2.45) is 0 Å². The molecule has 2 aliphatic rings. The second kappa shape index (κ2) is 8.33. The number of benzene rings is 2. The second-order valence-corrected chi connectivity index (χ2v) is 8.33. The number of rotatable bonds is 5. The Bertz CT molecular complexity index is 1250. The van der Waals surface area contributed by atoms with Crippen LogP contribution >= 0.6 is 11.6 Å². The van der Waals surface area contributed by atoms with E-state index in [1.165, 1.54) is 0 Å². The van der Waals surface area contributed by atoms with Gasteiger partial charge in [-0.15, -0.1) is 0 Å². The van der Waals surface area contributed by atoms with E-state index in [1.807, 2.05) is 18.2 Å². The number of nitro groups is 1. The Morgan fingerprint density at radius 3 is 2.69 bits per heavy atom. The molecule has 0 bridgehead atoms. The fraction of sp³-hybridized carbons (Fsp3) is 0.318. The van der Waals surface area contributed by atoms with Crippen molar-refractivity contribution in [1.29, 1.82) is 0 Å². The van der Waals surface area contributed by atoms with Crippen LogP contribution in [-0.4, -0.2) is 35.7 Å². The van der Waals surface area contributed by atoms with Gasteiger partial charge in [0.15, 0.2) is 11.5 Å². The molecule has 1 saturated heterocycles. The number of hydrogen-bond donors (Lipinski definition) is 1. The Kier molecular flexibility index (Phi) is 5.36. The van der Waals surface area contributed by atoms with Gasteiger partial charge in [0.1, 0.15) is 11.3 Å². The number of fused-ring (bicyclic) bond motifs is 2. The van der Waals surface area contributed by atoms with Gasteiger partial charge in [-0.25, -0.2) is 4.79 Å². The predicted octanol–water partition coefficient (Wildman–Crippen LogP) is 4.16. The molecule has 0 aliphatic carbocycles. The molecule has 2 aliphatic heterocycles. The molecule has 10 heteroatoms.